The van der Waals surface area contributed by atoms with E-state index in [1.165, 1.54) is 0 Å². The van der Waals surface area contributed by atoms with Crippen molar-refractivity contribution in [2.75, 3.05) is 13.7 Å². The molecule has 0 bridgehead atoms. The monoisotopic (exact) mass is 216 g/mol. The van der Waals surface area contributed by atoms with Crippen molar-refractivity contribution in [2.45, 2.75) is 6.42 Å². The molecule has 1 aromatic carbocycles. The van der Waals surface area contributed by atoms with Crippen molar-refractivity contribution in [3.05, 3.63) is 35.4 Å². The third-order valence-electron chi connectivity index (χ3n) is 1.80. The van der Waals surface area contributed by atoms with Crippen LogP contribution >= 0.6 is 12.4 Å². The van der Waals surface area contributed by atoms with Gasteiger partial charge >= 0.3 is 5.97 Å². The zero-order chi connectivity index (χ0) is 9.68. The van der Waals surface area contributed by atoms with Crippen molar-refractivity contribution in [3.63, 3.8) is 0 Å². The number of halogens is 1. The first-order valence-corrected chi connectivity index (χ1v) is 4.05. The lowest BCUT2D eigenvalue weighted by Crippen LogP contribution is -1.98. The quantitative estimate of drug-likeness (QED) is 0.838. The Morgan fingerprint density at radius 3 is 2.36 bits per heavy atom. The number of hydrogen-bond acceptors (Lipinski definition) is 2. The van der Waals surface area contributed by atoms with Crippen LogP contribution in [0.1, 0.15) is 15.9 Å². The molecular weight excluding hydrogens is 204 g/mol. The summed E-state index contributed by atoms with van der Waals surface area (Å²) in [4.78, 5) is 10.5. The molecule has 4 heteroatoms. The first-order chi connectivity index (χ1) is 6.24. The Bertz CT molecular complexity index is 282. The SMILES string of the molecule is COCCc1ccc(C(=O)O)cc1.Cl. The van der Waals surface area contributed by atoms with Crippen molar-refractivity contribution >= 4 is 18.4 Å². The van der Waals surface area contributed by atoms with E-state index in [0.29, 0.717) is 12.2 Å². The number of carbonyl (C=O) groups is 1. The molecule has 1 N–H and O–H groups in total. The number of ether oxygens (including phenoxy) is 1. The minimum absolute atomic E-state index is 0. The lowest BCUT2D eigenvalue weighted by Gasteiger charge is -2.00. The fraction of sp³-hybridized carbons (Fsp3) is 0.300. The standard InChI is InChI=1S/C10H12O3.ClH/c1-13-7-6-8-2-4-9(5-3-8)10(11)12;/h2-5H,6-7H2,1H3,(H,11,12);1H. The Morgan fingerprint density at radius 2 is 1.93 bits per heavy atom. The molecule has 14 heavy (non-hydrogen) atoms. The van der Waals surface area contributed by atoms with E-state index in [-0.39, 0.29) is 12.4 Å². The lowest BCUT2D eigenvalue weighted by atomic mass is 10.1. The van der Waals surface area contributed by atoms with Crippen LogP contribution in [0.25, 0.3) is 0 Å². The van der Waals surface area contributed by atoms with Crippen LogP contribution in [-0.4, -0.2) is 24.8 Å². The summed E-state index contributed by atoms with van der Waals surface area (Å²) in [7, 11) is 1.64. The van der Waals surface area contributed by atoms with Crippen LogP contribution in [0.5, 0.6) is 0 Å². The van der Waals surface area contributed by atoms with Crippen molar-refractivity contribution in [1.29, 1.82) is 0 Å². The number of hydrogen-bond donors (Lipinski definition) is 1. The summed E-state index contributed by atoms with van der Waals surface area (Å²) in [5.74, 6) is -0.890. The summed E-state index contributed by atoms with van der Waals surface area (Å²) >= 11 is 0. The molecule has 0 atom stereocenters. The van der Waals surface area contributed by atoms with Crippen LogP contribution < -0.4 is 0 Å². The molecule has 1 rings (SSSR count). The molecule has 0 aliphatic heterocycles. The molecule has 0 spiro atoms. The van der Waals surface area contributed by atoms with Crippen LogP contribution in [0.4, 0.5) is 0 Å². The average Bonchev–Trinajstić information content (AvgIpc) is 2.15. The summed E-state index contributed by atoms with van der Waals surface area (Å²) in [6, 6.07) is 6.82. The van der Waals surface area contributed by atoms with E-state index in [0.717, 1.165) is 12.0 Å². The van der Waals surface area contributed by atoms with Gasteiger partial charge in [-0.05, 0) is 24.1 Å². The van der Waals surface area contributed by atoms with E-state index in [9.17, 15) is 4.79 Å². The topological polar surface area (TPSA) is 46.5 Å². The van der Waals surface area contributed by atoms with E-state index >= 15 is 0 Å². The fourth-order valence-corrected chi connectivity index (χ4v) is 1.03. The Hall–Kier alpha value is -1.06. The number of carboxylic acid groups (broad SMARTS) is 1. The van der Waals surface area contributed by atoms with Crippen molar-refractivity contribution < 1.29 is 14.6 Å². The molecule has 0 saturated carbocycles. The van der Waals surface area contributed by atoms with Gasteiger partial charge in [-0.1, -0.05) is 12.1 Å². The van der Waals surface area contributed by atoms with E-state index in [1.807, 2.05) is 12.1 Å². The van der Waals surface area contributed by atoms with Gasteiger partial charge in [-0.2, -0.15) is 0 Å². The first kappa shape index (κ1) is 12.9. The number of aromatic carboxylic acids is 1. The van der Waals surface area contributed by atoms with Crippen LogP contribution in [0.3, 0.4) is 0 Å². The van der Waals surface area contributed by atoms with Gasteiger partial charge < -0.3 is 9.84 Å². The molecule has 0 heterocycles. The maximum Gasteiger partial charge on any atom is 0.335 e. The van der Waals surface area contributed by atoms with Gasteiger partial charge in [0.1, 0.15) is 0 Å². The van der Waals surface area contributed by atoms with Crippen molar-refractivity contribution in [1.82, 2.24) is 0 Å². The maximum absolute atomic E-state index is 10.5. The lowest BCUT2D eigenvalue weighted by molar-refractivity contribution is 0.0697. The Kier molecular flexibility index (Phi) is 5.92. The van der Waals surface area contributed by atoms with E-state index in [2.05, 4.69) is 0 Å². The molecule has 0 saturated heterocycles. The molecule has 0 unspecified atom stereocenters. The highest BCUT2D eigenvalue weighted by molar-refractivity contribution is 5.87. The molecule has 0 aliphatic rings. The fourth-order valence-electron chi connectivity index (χ4n) is 1.03. The summed E-state index contributed by atoms with van der Waals surface area (Å²) < 4.78 is 4.91. The summed E-state index contributed by atoms with van der Waals surface area (Å²) in [6.45, 7) is 0.659. The summed E-state index contributed by atoms with van der Waals surface area (Å²) in [5, 5.41) is 8.63. The van der Waals surface area contributed by atoms with Gasteiger partial charge in [0, 0.05) is 7.11 Å². The molecule has 78 valence electrons. The van der Waals surface area contributed by atoms with Crippen LogP contribution in [0, 0.1) is 0 Å². The van der Waals surface area contributed by atoms with E-state index in [1.54, 1.807) is 19.2 Å². The molecule has 0 aromatic heterocycles. The number of benzene rings is 1. The molecule has 0 fully saturated rings. The smallest absolute Gasteiger partial charge is 0.335 e. The zero-order valence-electron chi connectivity index (χ0n) is 7.90. The third kappa shape index (κ3) is 3.77. The van der Waals surface area contributed by atoms with Gasteiger partial charge in [0.25, 0.3) is 0 Å². The highest BCUT2D eigenvalue weighted by Crippen LogP contribution is 2.04. The predicted molar refractivity (Wildman–Crippen MR) is 56.2 cm³/mol. The molecule has 0 radical (unpaired) electrons. The Labute approximate surface area is 89.1 Å². The minimum atomic E-state index is -0.890. The summed E-state index contributed by atoms with van der Waals surface area (Å²) in [5.41, 5.74) is 1.41. The van der Waals surface area contributed by atoms with Crippen molar-refractivity contribution in [3.8, 4) is 0 Å². The van der Waals surface area contributed by atoms with E-state index < -0.39 is 5.97 Å². The van der Waals surface area contributed by atoms with Crippen LogP contribution in [-0.2, 0) is 11.2 Å². The number of carboxylic acids is 1. The Balaban J connectivity index is 0.00000169. The predicted octanol–water partition coefficient (Wildman–Crippen LogP) is 2.00. The van der Waals surface area contributed by atoms with Gasteiger partial charge in [0.05, 0.1) is 12.2 Å². The second kappa shape index (κ2) is 6.40. The Morgan fingerprint density at radius 1 is 1.36 bits per heavy atom. The second-order valence-corrected chi connectivity index (χ2v) is 2.74. The second-order valence-electron chi connectivity index (χ2n) is 2.74. The first-order valence-electron chi connectivity index (χ1n) is 4.05. The molecule has 0 aliphatic carbocycles. The number of rotatable bonds is 4. The van der Waals surface area contributed by atoms with Gasteiger partial charge in [-0.3, -0.25) is 0 Å². The van der Waals surface area contributed by atoms with Gasteiger partial charge in [0.2, 0.25) is 0 Å². The van der Waals surface area contributed by atoms with Crippen LogP contribution in [0.2, 0.25) is 0 Å². The average molecular weight is 217 g/mol. The van der Waals surface area contributed by atoms with Gasteiger partial charge in [-0.15, -0.1) is 12.4 Å². The maximum atomic E-state index is 10.5. The molecule has 1 aromatic rings. The highest BCUT2D eigenvalue weighted by atomic mass is 35.5. The zero-order valence-corrected chi connectivity index (χ0v) is 8.71. The largest absolute Gasteiger partial charge is 0.478 e. The van der Waals surface area contributed by atoms with Crippen molar-refractivity contribution in [2.24, 2.45) is 0 Å². The van der Waals surface area contributed by atoms with Gasteiger partial charge in [0.15, 0.2) is 0 Å². The third-order valence-corrected chi connectivity index (χ3v) is 1.80. The van der Waals surface area contributed by atoms with Gasteiger partial charge in [-0.25, -0.2) is 4.79 Å². The highest BCUT2D eigenvalue weighted by Gasteiger charge is 2.00. The minimum Gasteiger partial charge on any atom is -0.478 e. The number of methoxy groups -OCH3 is 1. The molecule has 0 amide bonds. The van der Waals surface area contributed by atoms with E-state index in [4.69, 9.17) is 9.84 Å². The normalized spacial score (nSPS) is 9.21. The summed E-state index contributed by atoms with van der Waals surface area (Å²) in [6.07, 6.45) is 0.816. The molecule has 3 nitrogen and oxygen atoms in total. The van der Waals surface area contributed by atoms with Crippen LogP contribution in [0.15, 0.2) is 24.3 Å². The molecular formula is C10H13ClO3.